The summed E-state index contributed by atoms with van der Waals surface area (Å²) in [6.07, 6.45) is 8.90. The molecule has 0 saturated carbocycles. The van der Waals surface area contributed by atoms with Gasteiger partial charge in [0.05, 0.1) is 7.11 Å². The molecule has 0 amide bonds. The molecule has 1 aliphatic rings. The monoisotopic (exact) mass is 331 g/mol. The minimum absolute atomic E-state index is 0.309. The van der Waals surface area contributed by atoms with Crippen LogP contribution in [0.1, 0.15) is 82.3 Å². The lowest BCUT2D eigenvalue weighted by atomic mass is 9.83. The molecule has 2 rings (SSSR count). The molecule has 3 heteroatoms. The number of phenols is 1. The summed E-state index contributed by atoms with van der Waals surface area (Å²) in [5, 5.41) is 10.7. The molecule has 3 atom stereocenters. The third-order valence-electron chi connectivity index (χ3n) is 5.54. The first-order chi connectivity index (χ1) is 11.6. The van der Waals surface area contributed by atoms with E-state index in [1.54, 1.807) is 7.11 Å². The molecule has 0 aliphatic carbocycles. The first kappa shape index (κ1) is 18.8. The van der Waals surface area contributed by atoms with Gasteiger partial charge in [-0.2, -0.15) is 0 Å². The summed E-state index contributed by atoms with van der Waals surface area (Å²) >= 11 is 0. The van der Waals surface area contributed by atoms with Crippen LogP contribution < -0.4 is 4.74 Å². The molecule has 1 aromatic carbocycles. The molecule has 1 aromatic rings. The number of rotatable bonds is 8. The predicted octanol–water partition coefficient (Wildman–Crippen LogP) is 5.67. The van der Waals surface area contributed by atoms with Crippen LogP contribution >= 0.6 is 0 Å². The van der Waals surface area contributed by atoms with E-state index in [2.05, 4.69) is 31.8 Å². The van der Waals surface area contributed by atoms with Crippen molar-refractivity contribution >= 4 is 6.21 Å². The van der Waals surface area contributed by atoms with Gasteiger partial charge in [0.2, 0.25) is 0 Å². The van der Waals surface area contributed by atoms with Gasteiger partial charge in [-0.3, -0.25) is 4.99 Å². The van der Waals surface area contributed by atoms with Crippen LogP contribution in [0, 0.1) is 5.92 Å². The van der Waals surface area contributed by atoms with Gasteiger partial charge in [-0.05, 0) is 54.5 Å². The van der Waals surface area contributed by atoms with Gasteiger partial charge in [-0.25, -0.2) is 0 Å². The van der Waals surface area contributed by atoms with E-state index in [4.69, 9.17) is 4.74 Å². The van der Waals surface area contributed by atoms with Crippen molar-refractivity contribution in [3.63, 3.8) is 0 Å². The van der Waals surface area contributed by atoms with Crippen LogP contribution in [0.5, 0.6) is 11.5 Å². The first-order valence-electron chi connectivity index (χ1n) is 9.47. The van der Waals surface area contributed by atoms with Gasteiger partial charge in [-0.1, -0.05) is 46.5 Å². The molecule has 0 aromatic heterocycles. The summed E-state index contributed by atoms with van der Waals surface area (Å²) in [5.41, 5.74) is 2.14. The second-order valence-electron chi connectivity index (χ2n) is 7.23. The fourth-order valence-corrected chi connectivity index (χ4v) is 3.67. The number of hydrogen-bond donors (Lipinski definition) is 1. The second-order valence-corrected chi connectivity index (χ2v) is 7.23. The Morgan fingerprint density at radius 2 is 2.08 bits per heavy atom. The van der Waals surface area contributed by atoms with Crippen LogP contribution in [0.3, 0.4) is 0 Å². The number of ether oxygens (including phenoxy) is 1. The Hall–Kier alpha value is -1.51. The average Bonchev–Trinajstić information content (AvgIpc) is 2.61. The van der Waals surface area contributed by atoms with Crippen molar-refractivity contribution in [1.29, 1.82) is 0 Å². The molecule has 0 bridgehead atoms. The number of nitrogens with zero attached hydrogens (tertiary/aromatic N) is 1. The molecule has 0 radical (unpaired) electrons. The van der Waals surface area contributed by atoms with Gasteiger partial charge >= 0.3 is 0 Å². The van der Waals surface area contributed by atoms with Crippen LogP contribution in [0.2, 0.25) is 0 Å². The van der Waals surface area contributed by atoms with Crippen LogP contribution in [-0.2, 0) is 0 Å². The highest BCUT2D eigenvalue weighted by Crippen LogP contribution is 2.42. The Kier molecular flexibility index (Phi) is 7.14. The fraction of sp³-hybridized carbons (Fsp3) is 0.667. The van der Waals surface area contributed by atoms with Crippen LogP contribution in [-0.4, -0.2) is 25.0 Å². The molecular formula is C21H33NO2. The molecule has 1 heterocycles. The highest BCUT2D eigenvalue weighted by atomic mass is 16.5. The number of methoxy groups -OCH3 is 1. The van der Waals surface area contributed by atoms with E-state index in [-0.39, 0.29) is 0 Å². The van der Waals surface area contributed by atoms with E-state index in [1.807, 2.05) is 12.3 Å². The van der Waals surface area contributed by atoms with E-state index in [0.29, 0.717) is 23.5 Å². The van der Waals surface area contributed by atoms with Crippen molar-refractivity contribution in [2.75, 3.05) is 13.7 Å². The van der Waals surface area contributed by atoms with Crippen molar-refractivity contribution in [3.8, 4) is 11.5 Å². The van der Waals surface area contributed by atoms with Gasteiger partial charge < -0.3 is 9.84 Å². The van der Waals surface area contributed by atoms with Gasteiger partial charge in [0.15, 0.2) is 0 Å². The lowest BCUT2D eigenvalue weighted by Gasteiger charge is -2.25. The Balaban J connectivity index is 2.20. The van der Waals surface area contributed by atoms with E-state index in [1.165, 1.54) is 31.2 Å². The molecule has 24 heavy (non-hydrogen) atoms. The third-order valence-corrected chi connectivity index (χ3v) is 5.54. The normalized spacial score (nSPS) is 19.9. The topological polar surface area (TPSA) is 41.8 Å². The fourth-order valence-electron chi connectivity index (χ4n) is 3.67. The SMILES string of the molecule is CCCCCC(C)C(C)c1cc(O)c(C2CC=NCC2)c(OC)c1. The molecule has 1 N–H and O–H groups in total. The lowest BCUT2D eigenvalue weighted by Crippen LogP contribution is -2.11. The maximum atomic E-state index is 10.7. The number of unbranched alkanes of at least 4 members (excludes halogenated alkanes) is 2. The van der Waals surface area contributed by atoms with E-state index in [9.17, 15) is 5.11 Å². The number of aliphatic imine (C=N–C) groups is 1. The Morgan fingerprint density at radius 1 is 1.29 bits per heavy atom. The van der Waals surface area contributed by atoms with Crippen molar-refractivity contribution in [2.45, 2.75) is 71.1 Å². The predicted molar refractivity (Wildman–Crippen MR) is 102 cm³/mol. The maximum Gasteiger partial charge on any atom is 0.126 e. The Bertz CT molecular complexity index is 553. The molecule has 3 unspecified atom stereocenters. The lowest BCUT2D eigenvalue weighted by molar-refractivity contribution is 0.385. The van der Waals surface area contributed by atoms with Crippen molar-refractivity contribution in [2.24, 2.45) is 10.9 Å². The second kappa shape index (κ2) is 9.10. The highest BCUT2D eigenvalue weighted by Gasteiger charge is 2.24. The molecule has 1 aliphatic heterocycles. The first-order valence-corrected chi connectivity index (χ1v) is 9.47. The van der Waals surface area contributed by atoms with E-state index in [0.717, 1.165) is 30.7 Å². The van der Waals surface area contributed by atoms with Crippen LogP contribution in [0.15, 0.2) is 17.1 Å². The highest BCUT2D eigenvalue weighted by molar-refractivity contribution is 5.62. The smallest absolute Gasteiger partial charge is 0.126 e. The molecule has 0 fully saturated rings. The summed E-state index contributed by atoms with van der Waals surface area (Å²) in [6.45, 7) is 7.65. The zero-order valence-electron chi connectivity index (χ0n) is 15.7. The summed E-state index contributed by atoms with van der Waals surface area (Å²) in [6, 6.07) is 4.10. The maximum absolute atomic E-state index is 10.7. The van der Waals surface area contributed by atoms with Gasteiger partial charge in [-0.15, -0.1) is 0 Å². The molecule has 3 nitrogen and oxygen atoms in total. The van der Waals surface area contributed by atoms with Gasteiger partial charge in [0.1, 0.15) is 11.5 Å². The van der Waals surface area contributed by atoms with Crippen molar-refractivity contribution < 1.29 is 9.84 Å². The largest absolute Gasteiger partial charge is 0.508 e. The number of aromatic hydroxyl groups is 1. The zero-order valence-corrected chi connectivity index (χ0v) is 15.7. The summed E-state index contributed by atoms with van der Waals surface area (Å²) in [4.78, 5) is 4.30. The van der Waals surface area contributed by atoms with Gasteiger partial charge in [0.25, 0.3) is 0 Å². The summed E-state index contributed by atoms with van der Waals surface area (Å²) in [5.74, 6) is 2.55. The van der Waals surface area contributed by atoms with Crippen LogP contribution in [0.4, 0.5) is 0 Å². The molecule has 134 valence electrons. The number of phenolic OH excluding ortho intramolecular Hbond substituents is 1. The Labute approximate surface area is 147 Å². The number of hydrogen-bond acceptors (Lipinski definition) is 3. The quantitative estimate of drug-likeness (QED) is 0.624. The standard InChI is InChI=1S/C21H33NO2/c1-5-6-7-8-15(2)16(3)18-13-19(23)21(20(14-18)24-4)17-9-11-22-12-10-17/h11,13-17,23H,5-10,12H2,1-4H3. The summed E-state index contributed by atoms with van der Waals surface area (Å²) < 4.78 is 5.64. The van der Waals surface area contributed by atoms with Crippen molar-refractivity contribution in [3.05, 3.63) is 23.3 Å². The van der Waals surface area contributed by atoms with Crippen molar-refractivity contribution in [1.82, 2.24) is 0 Å². The average molecular weight is 332 g/mol. The zero-order chi connectivity index (χ0) is 17.5. The molecular weight excluding hydrogens is 298 g/mol. The minimum atomic E-state index is 0.309. The summed E-state index contributed by atoms with van der Waals surface area (Å²) in [7, 11) is 1.70. The van der Waals surface area contributed by atoms with Crippen LogP contribution in [0.25, 0.3) is 0 Å². The van der Waals surface area contributed by atoms with Gasteiger partial charge in [0, 0.05) is 12.1 Å². The molecule has 0 spiro atoms. The van der Waals surface area contributed by atoms with E-state index < -0.39 is 0 Å². The minimum Gasteiger partial charge on any atom is -0.508 e. The Morgan fingerprint density at radius 3 is 2.71 bits per heavy atom. The number of benzene rings is 1. The molecule has 0 saturated heterocycles. The third kappa shape index (κ3) is 4.52. The van der Waals surface area contributed by atoms with E-state index >= 15 is 0 Å².